The summed E-state index contributed by atoms with van der Waals surface area (Å²) in [5, 5.41) is 11.1. The molecule has 0 spiro atoms. The van der Waals surface area contributed by atoms with Gasteiger partial charge < -0.3 is 9.47 Å². The summed E-state index contributed by atoms with van der Waals surface area (Å²) in [5.41, 5.74) is 2.05. The number of methoxy groups -OCH3 is 1. The monoisotopic (exact) mass is 251 g/mol. The maximum atomic E-state index is 8.93. The van der Waals surface area contributed by atoms with Gasteiger partial charge in [0.2, 0.25) is 0 Å². The van der Waals surface area contributed by atoms with E-state index in [1.165, 1.54) is 0 Å². The Morgan fingerprint density at radius 2 is 2.16 bits per heavy atom. The van der Waals surface area contributed by atoms with E-state index in [4.69, 9.17) is 14.7 Å². The molecule has 19 heavy (non-hydrogen) atoms. The molecule has 0 N–H and O–H groups in total. The predicted octanol–water partition coefficient (Wildman–Crippen LogP) is 3.54. The molecule has 0 saturated heterocycles. The van der Waals surface area contributed by atoms with Crippen LogP contribution in [0.25, 0.3) is 16.3 Å². The van der Waals surface area contributed by atoms with E-state index < -0.39 is 0 Å². The van der Waals surface area contributed by atoms with E-state index in [0.717, 1.165) is 39.8 Å². The van der Waals surface area contributed by atoms with Crippen molar-refractivity contribution in [3.63, 3.8) is 0 Å². The van der Waals surface area contributed by atoms with Gasteiger partial charge in [0.1, 0.15) is 11.5 Å². The Kier molecular flexibility index (Phi) is 2.85. The van der Waals surface area contributed by atoms with Crippen molar-refractivity contribution < 1.29 is 9.47 Å². The smallest absolute Gasteiger partial charge is 0.127 e. The first-order valence-electron chi connectivity index (χ1n) is 6.16. The van der Waals surface area contributed by atoms with Crippen LogP contribution < -0.4 is 9.47 Å². The summed E-state index contributed by atoms with van der Waals surface area (Å²) in [4.78, 5) is 0. The first-order chi connectivity index (χ1) is 9.33. The Bertz CT molecular complexity index is 705. The fraction of sp³-hybridized carbons (Fsp3) is 0.188. The van der Waals surface area contributed by atoms with E-state index in [0.29, 0.717) is 6.61 Å². The summed E-state index contributed by atoms with van der Waals surface area (Å²) >= 11 is 0. The highest BCUT2D eigenvalue weighted by Crippen LogP contribution is 2.39. The van der Waals surface area contributed by atoms with Crippen LogP contribution in [0.1, 0.15) is 12.0 Å². The Balaban J connectivity index is 2.34. The minimum atomic E-state index is 0.621. The largest absolute Gasteiger partial charge is 0.497 e. The fourth-order valence-electron chi connectivity index (χ4n) is 2.48. The van der Waals surface area contributed by atoms with E-state index in [1.54, 1.807) is 13.2 Å². The minimum absolute atomic E-state index is 0.621. The second-order valence-corrected chi connectivity index (χ2v) is 4.42. The average Bonchev–Trinajstić information content (AvgIpc) is 2.47. The van der Waals surface area contributed by atoms with Gasteiger partial charge in [-0.2, -0.15) is 5.26 Å². The lowest BCUT2D eigenvalue weighted by Crippen LogP contribution is -2.08. The van der Waals surface area contributed by atoms with Crippen LogP contribution in [0.5, 0.6) is 11.5 Å². The van der Waals surface area contributed by atoms with Crippen molar-refractivity contribution >= 4 is 16.3 Å². The molecule has 0 fully saturated rings. The molecule has 3 heteroatoms. The highest BCUT2D eigenvalue weighted by molar-refractivity contribution is 5.98. The van der Waals surface area contributed by atoms with Crippen LogP contribution in [0.4, 0.5) is 0 Å². The Hall–Kier alpha value is -2.47. The number of nitrogens with zero attached hydrogens (tertiary/aromatic N) is 1. The van der Waals surface area contributed by atoms with E-state index in [2.05, 4.69) is 6.07 Å². The molecule has 0 unspecified atom stereocenters. The van der Waals surface area contributed by atoms with Gasteiger partial charge in [-0.05, 0) is 34.5 Å². The standard InChI is InChI=1S/C16H13NO2/c1-18-13-4-2-11-3-5-15-16(14(11)10-13)12(6-8-17)7-9-19-15/h2-6,10H,7,9H2,1H3/b12-6+. The number of benzene rings is 2. The van der Waals surface area contributed by atoms with E-state index in [1.807, 2.05) is 30.3 Å². The minimum Gasteiger partial charge on any atom is -0.497 e. The fourth-order valence-corrected chi connectivity index (χ4v) is 2.48. The van der Waals surface area contributed by atoms with Crippen molar-refractivity contribution in [2.45, 2.75) is 6.42 Å². The second kappa shape index (κ2) is 4.66. The topological polar surface area (TPSA) is 42.2 Å². The van der Waals surface area contributed by atoms with Crippen molar-refractivity contribution in [2.75, 3.05) is 13.7 Å². The number of allylic oxidation sites excluding steroid dienone is 1. The van der Waals surface area contributed by atoms with E-state index >= 15 is 0 Å². The number of ether oxygens (including phenoxy) is 2. The number of hydrogen-bond donors (Lipinski definition) is 0. The predicted molar refractivity (Wildman–Crippen MR) is 74.2 cm³/mol. The molecule has 1 heterocycles. The first-order valence-corrected chi connectivity index (χ1v) is 6.16. The second-order valence-electron chi connectivity index (χ2n) is 4.42. The molecule has 0 atom stereocenters. The molecule has 1 aliphatic rings. The maximum Gasteiger partial charge on any atom is 0.127 e. The first kappa shape index (κ1) is 11.6. The summed E-state index contributed by atoms with van der Waals surface area (Å²) in [6.45, 7) is 0.621. The summed E-state index contributed by atoms with van der Waals surface area (Å²) in [6, 6.07) is 12.1. The van der Waals surface area contributed by atoms with Crippen LogP contribution in [0, 0.1) is 11.3 Å². The molecule has 2 aromatic carbocycles. The molecule has 0 aromatic heterocycles. The van der Waals surface area contributed by atoms with Gasteiger partial charge in [-0.25, -0.2) is 0 Å². The third kappa shape index (κ3) is 1.92. The van der Waals surface area contributed by atoms with Gasteiger partial charge >= 0.3 is 0 Å². The number of fused-ring (bicyclic) bond motifs is 3. The van der Waals surface area contributed by atoms with Crippen LogP contribution in [-0.2, 0) is 0 Å². The molecule has 2 aromatic rings. The normalized spacial score (nSPS) is 15.7. The lowest BCUT2D eigenvalue weighted by atomic mass is 9.93. The summed E-state index contributed by atoms with van der Waals surface area (Å²) < 4.78 is 11.0. The van der Waals surface area contributed by atoms with Crippen molar-refractivity contribution in [2.24, 2.45) is 0 Å². The molecule has 0 amide bonds. The zero-order valence-corrected chi connectivity index (χ0v) is 10.6. The van der Waals surface area contributed by atoms with Gasteiger partial charge in [0, 0.05) is 18.1 Å². The zero-order valence-electron chi connectivity index (χ0n) is 10.6. The van der Waals surface area contributed by atoms with Crippen LogP contribution in [0.2, 0.25) is 0 Å². The van der Waals surface area contributed by atoms with Crippen LogP contribution in [0.15, 0.2) is 36.4 Å². The zero-order chi connectivity index (χ0) is 13.2. The molecule has 1 aliphatic heterocycles. The Morgan fingerprint density at radius 3 is 2.95 bits per heavy atom. The van der Waals surface area contributed by atoms with Crippen molar-refractivity contribution in [3.05, 3.63) is 42.0 Å². The van der Waals surface area contributed by atoms with Gasteiger partial charge in [-0.15, -0.1) is 0 Å². The lowest BCUT2D eigenvalue weighted by Gasteiger charge is -2.21. The highest BCUT2D eigenvalue weighted by atomic mass is 16.5. The third-order valence-electron chi connectivity index (χ3n) is 3.38. The molecular weight excluding hydrogens is 238 g/mol. The Morgan fingerprint density at radius 1 is 1.32 bits per heavy atom. The average molecular weight is 251 g/mol. The molecule has 0 saturated carbocycles. The molecule has 3 rings (SSSR count). The third-order valence-corrected chi connectivity index (χ3v) is 3.38. The van der Waals surface area contributed by atoms with E-state index in [9.17, 15) is 0 Å². The van der Waals surface area contributed by atoms with Gasteiger partial charge in [-0.1, -0.05) is 12.1 Å². The summed E-state index contributed by atoms with van der Waals surface area (Å²) in [5.74, 6) is 1.65. The quantitative estimate of drug-likeness (QED) is 0.728. The molecule has 0 radical (unpaired) electrons. The van der Waals surface area contributed by atoms with Crippen LogP contribution in [0.3, 0.4) is 0 Å². The van der Waals surface area contributed by atoms with Gasteiger partial charge in [0.05, 0.1) is 19.8 Å². The summed E-state index contributed by atoms with van der Waals surface area (Å²) in [7, 11) is 1.65. The van der Waals surface area contributed by atoms with Gasteiger partial charge in [0.15, 0.2) is 0 Å². The molecule has 94 valence electrons. The van der Waals surface area contributed by atoms with Crippen LogP contribution >= 0.6 is 0 Å². The molecule has 3 nitrogen and oxygen atoms in total. The van der Waals surface area contributed by atoms with Gasteiger partial charge in [-0.3, -0.25) is 0 Å². The van der Waals surface area contributed by atoms with Gasteiger partial charge in [0.25, 0.3) is 0 Å². The molecular formula is C16H13NO2. The van der Waals surface area contributed by atoms with Crippen molar-refractivity contribution in [3.8, 4) is 17.6 Å². The molecule has 0 aliphatic carbocycles. The van der Waals surface area contributed by atoms with Crippen molar-refractivity contribution in [1.82, 2.24) is 0 Å². The highest BCUT2D eigenvalue weighted by Gasteiger charge is 2.18. The van der Waals surface area contributed by atoms with Crippen LogP contribution in [-0.4, -0.2) is 13.7 Å². The number of hydrogen-bond acceptors (Lipinski definition) is 3. The summed E-state index contributed by atoms with van der Waals surface area (Å²) in [6.07, 6.45) is 2.37. The Labute approximate surface area is 111 Å². The molecule has 0 bridgehead atoms. The number of rotatable bonds is 1. The lowest BCUT2D eigenvalue weighted by molar-refractivity contribution is 0.317. The maximum absolute atomic E-state index is 8.93. The number of nitriles is 1. The van der Waals surface area contributed by atoms with E-state index in [-0.39, 0.29) is 0 Å². The SMILES string of the molecule is COc1ccc2ccc3c(c2c1)/C(=C/C#N)CCO3. The van der Waals surface area contributed by atoms with Crippen molar-refractivity contribution in [1.29, 1.82) is 5.26 Å².